The summed E-state index contributed by atoms with van der Waals surface area (Å²) < 4.78 is 5.76. The maximum absolute atomic E-state index is 10.5. The third kappa shape index (κ3) is 5.51. The summed E-state index contributed by atoms with van der Waals surface area (Å²) in [6.07, 6.45) is 4.22. The van der Waals surface area contributed by atoms with E-state index in [1.165, 1.54) is 19.3 Å². The summed E-state index contributed by atoms with van der Waals surface area (Å²) >= 11 is 0. The van der Waals surface area contributed by atoms with Crippen LogP contribution in [0.4, 0.5) is 0 Å². The first kappa shape index (κ1) is 17.2. The zero-order chi connectivity index (χ0) is 15.4. The largest absolute Gasteiger partial charge is 0.390 e. The van der Waals surface area contributed by atoms with Gasteiger partial charge in [0.2, 0.25) is 0 Å². The van der Waals surface area contributed by atoms with Crippen LogP contribution in [0.1, 0.15) is 47.0 Å². The molecule has 1 N–H and O–H groups in total. The molecule has 2 rings (SSSR count). The number of hydrogen-bond donors (Lipinski definition) is 1. The van der Waals surface area contributed by atoms with E-state index in [4.69, 9.17) is 4.74 Å². The maximum atomic E-state index is 10.5. The van der Waals surface area contributed by atoms with Gasteiger partial charge < -0.3 is 9.84 Å². The molecule has 2 saturated heterocycles. The molecule has 4 heteroatoms. The van der Waals surface area contributed by atoms with Crippen molar-refractivity contribution < 1.29 is 9.84 Å². The number of aliphatic hydroxyl groups is 1. The van der Waals surface area contributed by atoms with Crippen LogP contribution < -0.4 is 0 Å². The van der Waals surface area contributed by atoms with Gasteiger partial charge in [-0.3, -0.25) is 9.80 Å². The number of nitrogens with zero attached hydrogens (tertiary/aromatic N) is 2. The van der Waals surface area contributed by atoms with E-state index in [0.29, 0.717) is 6.04 Å². The van der Waals surface area contributed by atoms with Crippen LogP contribution in [-0.2, 0) is 4.74 Å². The smallest absolute Gasteiger partial charge is 0.0793 e. The molecule has 2 fully saturated rings. The molecule has 0 aromatic carbocycles. The van der Waals surface area contributed by atoms with Gasteiger partial charge in [0.1, 0.15) is 0 Å². The molecule has 0 amide bonds. The Labute approximate surface area is 130 Å². The van der Waals surface area contributed by atoms with Crippen molar-refractivity contribution in [3.8, 4) is 0 Å². The van der Waals surface area contributed by atoms with Gasteiger partial charge in [-0.05, 0) is 39.5 Å². The predicted octanol–water partition coefficient (Wildman–Crippen LogP) is 1.97. The zero-order valence-corrected chi connectivity index (χ0v) is 14.3. The van der Waals surface area contributed by atoms with Gasteiger partial charge in [0.25, 0.3) is 0 Å². The van der Waals surface area contributed by atoms with E-state index in [-0.39, 0.29) is 18.3 Å². The zero-order valence-electron chi connectivity index (χ0n) is 14.3. The second-order valence-electron chi connectivity index (χ2n) is 7.47. The van der Waals surface area contributed by atoms with Crippen LogP contribution in [0.2, 0.25) is 0 Å². The van der Waals surface area contributed by atoms with Crippen molar-refractivity contribution in [2.75, 3.05) is 32.7 Å². The fourth-order valence-corrected chi connectivity index (χ4v) is 3.93. The van der Waals surface area contributed by atoms with Crippen LogP contribution in [-0.4, -0.2) is 72.0 Å². The molecule has 0 radical (unpaired) electrons. The fraction of sp³-hybridized carbons (Fsp3) is 1.00. The van der Waals surface area contributed by atoms with Crippen LogP contribution in [0, 0.1) is 5.92 Å². The lowest BCUT2D eigenvalue weighted by Gasteiger charge is -2.37. The quantitative estimate of drug-likeness (QED) is 0.861. The molecule has 4 nitrogen and oxygen atoms in total. The minimum atomic E-state index is -0.254. The monoisotopic (exact) mass is 298 g/mol. The molecule has 0 spiro atoms. The van der Waals surface area contributed by atoms with E-state index in [9.17, 15) is 5.11 Å². The lowest BCUT2D eigenvalue weighted by Crippen LogP contribution is -2.50. The summed E-state index contributed by atoms with van der Waals surface area (Å²) in [6.45, 7) is 13.5. The number of ether oxygens (including phenoxy) is 1. The Morgan fingerprint density at radius 1 is 1.00 bits per heavy atom. The number of likely N-dealkylation sites (tertiary alicyclic amines) is 1. The van der Waals surface area contributed by atoms with Crippen LogP contribution in [0.15, 0.2) is 0 Å². The van der Waals surface area contributed by atoms with Crippen LogP contribution in [0.25, 0.3) is 0 Å². The summed E-state index contributed by atoms with van der Waals surface area (Å²) in [6, 6.07) is 0.604. The van der Waals surface area contributed by atoms with E-state index >= 15 is 0 Å². The molecule has 0 bridgehead atoms. The average Bonchev–Trinajstić information content (AvgIpc) is 2.50. The molecule has 5 atom stereocenters. The Bertz CT molecular complexity index is 303. The Hall–Kier alpha value is -0.160. The fourth-order valence-electron chi connectivity index (χ4n) is 3.93. The van der Waals surface area contributed by atoms with Crippen LogP contribution >= 0.6 is 0 Å². The second kappa shape index (κ2) is 7.91. The first-order chi connectivity index (χ1) is 9.94. The van der Waals surface area contributed by atoms with E-state index < -0.39 is 0 Å². The Morgan fingerprint density at radius 3 is 2.33 bits per heavy atom. The number of hydrogen-bond acceptors (Lipinski definition) is 4. The highest BCUT2D eigenvalue weighted by atomic mass is 16.5. The highest BCUT2D eigenvalue weighted by Gasteiger charge is 2.26. The number of rotatable bonds is 4. The summed E-state index contributed by atoms with van der Waals surface area (Å²) in [5, 5.41) is 10.5. The number of β-amino-alcohol motifs (C(OH)–C–C–N with tert-alkyl or cyclic N) is 1. The molecule has 0 aromatic rings. The number of aliphatic hydroxyl groups excluding tert-OH is 1. The molecule has 2 heterocycles. The first-order valence-electron chi connectivity index (χ1n) is 8.74. The van der Waals surface area contributed by atoms with Crippen LogP contribution in [0.3, 0.4) is 0 Å². The molecular weight excluding hydrogens is 264 g/mol. The Kier molecular flexibility index (Phi) is 6.48. The van der Waals surface area contributed by atoms with Gasteiger partial charge in [-0.1, -0.05) is 13.3 Å². The van der Waals surface area contributed by atoms with Crippen molar-refractivity contribution >= 4 is 0 Å². The SMILES string of the molecule is CC1CCCC(C)N(CC(O)CN2CC(C)OC(C)C2)C1. The minimum Gasteiger partial charge on any atom is -0.390 e. The van der Waals surface area contributed by atoms with Gasteiger partial charge in [-0.15, -0.1) is 0 Å². The van der Waals surface area contributed by atoms with Gasteiger partial charge >= 0.3 is 0 Å². The normalized spacial score (nSPS) is 38.1. The Morgan fingerprint density at radius 2 is 1.67 bits per heavy atom. The molecule has 0 aliphatic carbocycles. The van der Waals surface area contributed by atoms with Crippen molar-refractivity contribution in [2.45, 2.75) is 71.3 Å². The van der Waals surface area contributed by atoms with Gasteiger partial charge in [0.15, 0.2) is 0 Å². The average molecular weight is 298 g/mol. The van der Waals surface area contributed by atoms with Gasteiger partial charge in [0.05, 0.1) is 18.3 Å². The highest BCUT2D eigenvalue weighted by molar-refractivity contribution is 4.80. The maximum Gasteiger partial charge on any atom is 0.0793 e. The standard InChI is InChI=1S/C17H34N2O2/c1-13-6-5-7-14(2)19(8-13)12-17(20)11-18-9-15(3)21-16(4)10-18/h13-17,20H,5-12H2,1-4H3. The lowest BCUT2D eigenvalue weighted by atomic mass is 10.1. The highest BCUT2D eigenvalue weighted by Crippen LogP contribution is 2.21. The van der Waals surface area contributed by atoms with Gasteiger partial charge in [-0.25, -0.2) is 0 Å². The van der Waals surface area contributed by atoms with Crippen molar-refractivity contribution in [2.24, 2.45) is 5.92 Å². The predicted molar refractivity (Wildman–Crippen MR) is 86.5 cm³/mol. The van der Waals surface area contributed by atoms with Gasteiger partial charge in [-0.2, -0.15) is 0 Å². The van der Waals surface area contributed by atoms with Crippen molar-refractivity contribution in [1.29, 1.82) is 0 Å². The molecule has 124 valence electrons. The van der Waals surface area contributed by atoms with E-state index in [1.54, 1.807) is 0 Å². The Balaban J connectivity index is 1.81. The third-order valence-electron chi connectivity index (χ3n) is 4.90. The molecule has 5 unspecified atom stereocenters. The molecular formula is C17H34N2O2. The van der Waals surface area contributed by atoms with Crippen molar-refractivity contribution in [3.05, 3.63) is 0 Å². The summed E-state index contributed by atoms with van der Waals surface area (Å²) in [5.74, 6) is 0.755. The third-order valence-corrected chi connectivity index (χ3v) is 4.90. The van der Waals surface area contributed by atoms with Crippen molar-refractivity contribution in [1.82, 2.24) is 9.80 Å². The van der Waals surface area contributed by atoms with E-state index in [1.807, 2.05) is 0 Å². The summed E-state index contributed by atoms with van der Waals surface area (Å²) in [4.78, 5) is 4.85. The van der Waals surface area contributed by atoms with Crippen molar-refractivity contribution in [3.63, 3.8) is 0 Å². The van der Waals surface area contributed by atoms with E-state index in [0.717, 1.165) is 38.6 Å². The second-order valence-corrected chi connectivity index (χ2v) is 7.47. The molecule has 21 heavy (non-hydrogen) atoms. The molecule has 0 saturated carbocycles. The topological polar surface area (TPSA) is 35.9 Å². The molecule has 2 aliphatic rings. The molecule has 2 aliphatic heterocycles. The lowest BCUT2D eigenvalue weighted by molar-refractivity contribution is -0.0786. The molecule has 0 aromatic heterocycles. The summed E-state index contributed by atoms with van der Waals surface area (Å²) in [7, 11) is 0. The number of morpholine rings is 1. The van der Waals surface area contributed by atoms with Gasteiger partial charge in [0, 0.05) is 38.8 Å². The summed E-state index contributed by atoms with van der Waals surface area (Å²) in [5.41, 5.74) is 0. The van der Waals surface area contributed by atoms with E-state index in [2.05, 4.69) is 37.5 Å². The minimum absolute atomic E-state index is 0.254. The first-order valence-corrected chi connectivity index (χ1v) is 8.74. The van der Waals surface area contributed by atoms with Crippen LogP contribution in [0.5, 0.6) is 0 Å².